The molecule has 0 saturated heterocycles. The number of nitrogens with zero attached hydrogens (tertiary/aromatic N) is 2. The standard InChI is InChI=1S/C15H19N3O3/c1-10(2)18-8-12(7-17-18)16-6-11-4-13(19-3)15-14(5-11)20-9-21-15/h4-5,7-8,10,16H,6,9H2,1-3H3. The second-order valence-corrected chi connectivity index (χ2v) is 5.19. The fraction of sp³-hybridized carbons (Fsp3) is 0.400. The van der Waals surface area contributed by atoms with Gasteiger partial charge in [0, 0.05) is 18.8 Å². The maximum Gasteiger partial charge on any atom is 0.231 e. The van der Waals surface area contributed by atoms with E-state index in [1.807, 2.05) is 29.2 Å². The van der Waals surface area contributed by atoms with Crippen molar-refractivity contribution in [2.24, 2.45) is 0 Å². The Kier molecular flexibility index (Phi) is 3.60. The zero-order valence-electron chi connectivity index (χ0n) is 12.4. The van der Waals surface area contributed by atoms with Crippen LogP contribution in [0.1, 0.15) is 25.5 Å². The molecule has 0 aliphatic carbocycles. The zero-order chi connectivity index (χ0) is 14.8. The van der Waals surface area contributed by atoms with Gasteiger partial charge in [-0.05, 0) is 31.5 Å². The number of anilines is 1. The molecular weight excluding hydrogens is 270 g/mol. The number of methoxy groups -OCH3 is 1. The molecule has 0 fully saturated rings. The summed E-state index contributed by atoms with van der Waals surface area (Å²) in [6, 6.07) is 4.27. The molecule has 0 spiro atoms. The van der Waals surface area contributed by atoms with Crippen LogP contribution in [-0.4, -0.2) is 23.7 Å². The van der Waals surface area contributed by atoms with E-state index in [1.165, 1.54) is 0 Å². The number of rotatable bonds is 5. The number of hydrogen-bond acceptors (Lipinski definition) is 5. The molecule has 1 aliphatic rings. The molecular formula is C15H19N3O3. The fourth-order valence-electron chi connectivity index (χ4n) is 2.20. The lowest BCUT2D eigenvalue weighted by molar-refractivity contribution is 0.171. The Balaban J connectivity index is 1.73. The van der Waals surface area contributed by atoms with Crippen LogP contribution in [0.25, 0.3) is 0 Å². The molecule has 0 bridgehead atoms. The first-order chi connectivity index (χ1) is 10.2. The Morgan fingerprint density at radius 3 is 2.95 bits per heavy atom. The quantitative estimate of drug-likeness (QED) is 0.917. The second-order valence-electron chi connectivity index (χ2n) is 5.19. The summed E-state index contributed by atoms with van der Waals surface area (Å²) in [6.45, 7) is 5.10. The predicted octanol–water partition coefficient (Wildman–Crippen LogP) is 2.81. The molecule has 0 saturated carbocycles. The van der Waals surface area contributed by atoms with E-state index in [1.54, 1.807) is 7.11 Å². The van der Waals surface area contributed by atoms with Crippen LogP contribution in [0.2, 0.25) is 0 Å². The topological polar surface area (TPSA) is 57.5 Å². The van der Waals surface area contributed by atoms with E-state index >= 15 is 0 Å². The van der Waals surface area contributed by atoms with Gasteiger partial charge in [-0.2, -0.15) is 5.10 Å². The van der Waals surface area contributed by atoms with E-state index in [9.17, 15) is 0 Å². The molecule has 3 rings (SSSR count). The summed E-state index contributed by atoms with van der Waals surface area (Å²) in [5.41, 5.74) is 2.05. The molecule has 0 amide bonds. The number of hydrogen-bond donors (Lipinski definition) is 1. The lowest BCUT2D eigenvalue weighted by Gasteiger charge is -2.09. The van der Waals surface area contributed by atoms with Gasteiger partial charge >= 0.3 is 0 Å². The third-order valence-corrected chi connectivity index (χ3v) is 3.35. The second kappa shape index (κ2) is 5.55. The first-order valence-corrected chi connectivity index (χ1v) is 6.92. The Bertz CT molecular complexity index is 637. The maximum absolute atomic E-state index is 5.42. The summed E-state index contributed by atoms with van der Waals surface area (Å²) in [5.74, 6) is 2.09. The molecule has 2 aromatic rings. The largest absolute Gasteiger partial charge is 0.493 e. The Hall–Kier alpha value is -2.37. The molecule has 1 aromatic heterocycles. The Labute approximate surface area is 123 Å². The molecule has 1 aromatic carbocycles. The first kappa shape index (κ1) is 13.6. The van der Waals surface area contributed by atoms with Gasteiger partial charge in [0.25, 0.3) is 0 Å². The Morgan fingerprint density at radius 2 is 2.24 bits per heavy atom. The van der Waals surface area contributed by atoms with Crippen LogP contribution < -0.4 is 19.5 Å². The highest BCUT2D eigenvalue weighted by atomic mass is 16.7. The minimum Gasteiger partial charge on any atom is -0.493 e. The van der Waals surface area contributed by atoms with E-state index in [0.717, 1.165) is 17.0 Å². The number of fused-ring (bicyclic) bond motifs is 1. The summed E-state index contributed by atoms with van der Waals surface area (Å²) in [5, 5.41) is 7.65. The average Bonchev–Trinajstić information content (AvgIpc) is 3.12. The highest BCUT2D eigenvalue weighted by molar-refractivity contribution is 5.55. The fourth-order valence-corrected chi connectivity index (χ4v) is 2.20. The van der Waals surface area contributed by atoms with Crippen molar-refractivity contribution in [1.82, 2.24) is 9.78 Å². The molecule has 0 unspecified atom stereocenters. The molecule has 6 nitrogen and oxygen atoms in total. The van der Waals surface area contributed by atoms with Crippen molar-refractivity contribution < 1.29 is 14.2 Å². The highest BCUT2D eigenvalue weighted by Crippen LogP contribution is 2.41. The molecule has 2 heterocycles. The van der Waals surface area contributed by atoms with Crippen molar-refractivity contribution in [1.29, 1.82) is 0 Å². The van der Waals surface area contributed by atoms with E-state index in [0.29, 0.717) is 24.1 Å². The molecule has 6 heteroatoms. The van der Waals surface area contributed by atoms with Crippen molar-refractivity contribution in [3.05, 3.63) is 30.1 Å². The van der Waals surface area contributed by atoms with Crippen molar-refractivity contribution >= 4 is 5.69 Å². The van der Waals surface area contributed by atoms with E-state index in [-0.39, 0.29) is 6.79 Å². The van der Waals surface area contributed by atoms with Gasteiger partial charge in [0.2, 0.25) is 12.5 Å². The van der Waals surface area contributed by atoms with Crippen LogP contribution >= 0.6 is 0 Å². The smallest absolute Gasteiger partial charge is 0.231 e. The van der Waals surface area contributed by atoms with Gasteiger partial charge in [0.15, 0.2) is 11.5 Å². The monoisotopic (exact) mass is 289 g/mol. The van der Waals surface area contributed by atoms with Crippen LogP contribution in [0.4, 0.5) is 5.69 Å². The predicted molar refractivity (Wildman–Crippen MR) is 79.1 cm³/mol. The summed E-state index contributed by atoms with van der Waals surface area (Å²) < 4.78 is 18.1. The molecule has 21 heavy (non-hydrogen) atoms. The van der Waals surface area contributed by atoms with Crippen molar-refractivity contribution in [2.45, 2.75) is 26.4 Å². The molecule has 1 N–H and O–H groups in total. The Morgan fingerprint density at radius 1 is 1.38 bits per heavy atom. The van der Waals surface area contributed by atoms with Crippen molar-refractivity contribution in [3.63, 3.8) is 0 Å². The van der Waals surface area contributed by atoms with Gasteiger partial charge in [0.05, 0.1) is 19.0 Å². The van der Waals surface area contributed by atoms with Crippen LogP contribution in [0, 0.1) is 0 Å². The summed E-state index contributed by atoms with van der Waals surface area (Å²) in [6.07, 6.45) is 3.82. The van der Waals surface area contributed by atoms with Gasteiger partial charge in [0.1, 0.15) is 0 Å². The lowest BCUT2D eigenvalue weighted by atomic mass is 10.2. The van der Waals surface area contributed by atoms with Crippen molar-refractivity contribution in [3.8, 4) is 17.2 Å². The summed E-state index contributed by atoms with van der Waals surface area (Å²) in [7, 11) is 1.63. The van der Waals surface area contributed by atoms with Crippen molar-refractivity contribution in [2.75, 3.05) is 19.2 Å². The average molecular weight is 289 g/mol. The molecule has 112 valence electrons. The van der Waals surface area contributed by atoms with Gasteiger partial charge in [-0.25, -0.2) is 0 Å². The minimum atomic E-state index is 0.240. The first-order valence-electron chi connectivity index (χ1n) is 6.92. The number of aromatic nitrogens is 2. The zero-order valence-corrected chi connectivity index (χ0v) is 12.4. The highest BCUT2D eigenvalue weighted by Gasteiger charge is 2.19. The summed E-state index contributed by atoms with van der Waals surface area (Å²) in [4.78, 5) is 0. The third kappa shape index (κ3) is 2.74. The van der Waals surface area contributed by atoms with E-state index in [4.69, 9.17) is 14.2 Å². The van der Waals surface area contributed by atoms with Gasteiger partial charge in [-0.15, -0.1) is 0 Å². The van der Waals surface area contributed by atoms with Gasteiger partial charge in [-0.3, -0.25) is 4.68 Å². The number of benzene rings is 1. The molecule has 0 atom stereocenters. The van der Waals surface area contributed by atoms with Gasteiger partial charge in [-0.1, -0.05) is 0 Å². The molecule has 0 radical (unpaired) electrons. The number of nitrogens with one attached hydrogen (secondary N) is 1. The molecule has 1 aliphatic heterocycles. The van der Waals surface area contributed by atoms with Crippen LogP contribution in [-0.2, 0) is 6.54 Å². The third-order valence-electron chi connectivity index (χ3n) is 3.35. The van der Waals surface area contributed by atoms with E-state index in [2.05, 4.69) is 24.3 Å². The minimum absolute atomic E-state index is 0.240. The SMILES string of the molecule is COc1cc(CNc2cnn(C(C)C)c2)cc2c1OCO2. The number of ether oxygens (including phenoxy) is 3. The van der Waals surface area contributed by atoms with Crippen LogP contribution in [0.5, 0.6) is 17.2 Å². The normalized spacial score (nSPS) is 12.8. The van der Waals surface area contributed by atoms with Crippen LogP contribution in [0.3, 0.4) is 0 Å². The summed E-state index contributed by atoms with van der Waals surface area (Å²) >= 11 is 0. The van der Waals surface area contributed by atoms with Crippen LogP contribution in [0.15, 0.2) is 24.5 Å². The van der Waals surface area contributed by atoms with E-state index < -0.39 is 0 Å². The maximum atomic E-state index is 5.42. The lowest BCUT2D eigenvalue weighted by Crippen LogP contribution is -2.01. The van der Waals surface area contributed by atoms with Gasteiger partial charge < -0.3 is 19.5 Å².